The van der Waals surface area contributed by atoms with E-state index in [1.54, 1.807) is 4.31 Å². The van der Waals surface area contributed by atoms with Gasteiger partial charge in [0.2, 0.25) is 10.0 Å². The van der Waals surface area contributed by atoms with E-state index in [1.165, 1.54) is 32.1 Å². The predicted octanol–water partition coefficient (Wildman–Crippen LogP) is 2.75. The van der Waals surface area contributed by atoms with Crippen molar-refractivity contribution in [2.45, 2.75) is 70.5 Å². The third-order valence-corrected chi connectivity index (χ3v) is 7.69. The quantitative estimate of drug-likeness (QED) is 0.767. The summed E-state index contributed by atoms with van der Waals surface area (Å²) in [5, 5.41) is 2.92. The molecular formula is C16H32N2O2S. The molecule has 0 aromatic rings. The van der Waals surface area contributed by atoms with Crippen LogP contribution in [0.1, 0.15) is 65.2 Å². The summed E-state index contributed by atoms with van der Waals surface area (Å²) >= 11 is 0. The molecule has 21 heavy (non-hydrogen) atoms. The van der Waals surface area contributed by atoms with Crippen LogP contribution in [0.15, 0.2) is 0 Å². The van der Waals surface area contributed by atoms with Gasteiger partial charge in [-0.1, -0.05) is 26.2 Å². The van der Waals surface area contributed by atoms with Gasteiger partial charge in [-0.05, 0) is 51.0 Å². The summed E-state index contributed by atoms with van der Waals surface area (Å²) in [5.74, 6) is 0. The molecule has 0 amide bonds. The van der Waals surface area contributed by atoms with Gasteiger partial charge in [-0.3, -0.25) is 0 Å². The summed E-state index contributed by atoms with van der Waals surface area (Å²) in [7, 11) is -3.13. The maximum atomic E-state index is 12.6. The first-order chi connectivity index (χ1) is 10.0. The lowest BCUT2D eigenvalue weighted by Crippen LogP contribution is -2.48. The number of nitrogens with zero attached hydrogens (tertiary/aromatic N) is 1. The monoisotopic (exact) mass is 316 g/mol. The van der Waals surface area contributed by atoms with Gasteiger partial charge in [0.25, 0.3) is 0 Å². The number of piperidine rings is 1. The highest BCUT2D eigenvalue weighted by atomic mass is 32.2. The van der Waals surface area contributed by atoms with Crippen molar-refractivity contribution in [1.29, 1.82) is 0 Å². The molecule has 1 spiro atoms. The second-order valence-electron chi connectivity index (χ2n) is 7.02. The summed E-state index contributed by atoms with van der Waals surface area (Å²) in [6, 6.07) is 0. The Labute approximate surface area is 130 Å². The van der Waals surface area contributed by atoms with Crippen LogP contribution >= 0.6 is 0 Å². The molecule has 0 aromatic heterocycles. The fourth-order valence-electron chi connectivity index (χ4n) is 3.86. The highest BCUT2D eigenvalue weighted by Gasteiger charge is 2.39. The van der Waals surface area contributed by atoms with Gasteiger partial charge in [0, 0.05) is 19.6 Å². The number of rotatable bonds is 6. The van der Waals surface area contributed by atoms with Crippen LogP contribution in [0.25, 0.3) is 0 Å². The zero-order chi connectivity index (χ0) is 15.3. The van der Waals surface area contributed by atoms with Crippen LogP contribution in [0.4, 0.5) is 0 Å². The molecule has 1 heterocycles. The Bertz CT molecular complexity index is 406. The van der Waals surface area contributed by atoms with E-state index in [0.29, 0.717) is 12.0 Å². The Balaban J connectivity index is 1.87. The highest BCUT2D eigenvalue weighted by molar-refractivity contribution is 7.89. The fraction of sp³-hybridized carbons (Fsp3) is 1.00. The molecule has 0 radical (unpaired) electrons. The maximum Gasteiger partial charge on any atom is 0.217 e. The second-order valence-corrected chi connectivity index (χ2v) is 9.37. The SMILES string of the molecule is CCCNCC(C)S(=O)(=O)N1CCC2(CCCCC2)CC1. The van der Waals surface area contributed by atoms with Crippen molar-refractivity contribution in [3.05, 3.63) is 0 Å². The molecule has 0 bridgehead atoms. The van der Waals surface area contributed by atoms with Crippen LogP contribution in [0.2, 0.25) is 0 Å². The zero-order valence-electron chi connectivity index (χ0n) is 13.7. The minimum absolute atomic E-state index is 0.315. The van der Waals surface area contributed by atoms with Gasteiger partial charge in [-0.25, -0.2) is 12.7 Å². The third-order valence-electron chi connectivity index (χ3n) is 5.42. The molecule has 1 saturated carbocycles. The number of sulfonamides is 1. The van der Waals surface area contributed by atoms with E-state index < -0.39 is 10.0 Å². The molecule has 1 unspecified atom stereocenters. The van der Waals surface area contributed by atoms with Crippen molar-refractivity contribution in [2.24, 2.45) is 5.41 Å². The molecule has 1 saturated heterocycles. The van der Waals surface area contributed by atoms with Crippen molar-refractivity contribution in [3.8, 4) is 0 Å². The smallest absolute Gasteiger partial charge is 0.217 e. The van der Waals surface area contributed by atoms with E-state index in [2.05, 4.69) is 12.2 Å². The predicted molar refractivity (Wildman–Crippen MR) is 87.9 cm³/mol. The molecule has 1 atom stereocenters. The zero-order valence-corrected chi connectivity index (χ0v) is 14.6. The van der Waals surface area contributed by atoms with Gasteiger partial charge in [0.05, 0.1) is 5.25 Å². The molecule has 2 rings (SSSR count). The number of hydrogen-bond acceptors (Lipinski definition) is 3. The van der Waals surface area contributed by atoms with E-state index in [1.807, 2.05) is 6.92 Å². The minimum Gasteiger partial charge on any atom is -0.315 e. The summed E-state index contributed by atoms with van der Waals surface area (Å²) in [6.45, 7) is 6.87. The lowest BCUT2D eigenvalue weighted by molar-refractivity contribution is 0.102. The Morgan fingerprint density at radius 1 is 1.10 bits per heavy atom. The molecule has 2 aliphatic rings. The summed E-state index contributed by atoms with van der Waals surface area (Å²) < 4.78 is 27.0. The first-order valence-electron chi connectivity index (χ1n) is 8.70. The van der Waals surface area contributed by atoms with Crippen LogP contribution in [0, 0.1) is 5.41 Å². The van der Waals surface area contributed by atoms with E-state index in [0.717, 1.165) is 38.9 Å². The summed E-state index contributed by atoms with van der Waals surface area (Å²) in [5.41, 5.74) is 0.466. The molecule has 2 fully saturated rings. The average molecular weight is 317 g/mol. The van der Waals surface area contributed by atoms with E-state index in [-0.39, 0.29) is 5.25 Å². The standard InChI is InChI=1S/C16H32N2O2S/c1-3-11-17-14-15(2)21(19,20)18-12-9-16(10-13-18)7-5-4-6-8-16/h15,17H,3-14H2,1-2H3. The third kappa shape index (κ3) is 4.20. The lowest BCUT2D eigenvalue weighted by atomic mass is 9.68. The van der Waals surface area contributed by atoms with Crippen molar-refractivity contribution in [1.82, 2.24) is 9.62 Å². The van der Waals surface area contributed by atoms with Gasteiger partial charge >= 0.3 is 0 Å². The molecular weight excluding hydrogens is 284 g/mol. The topological polar surface area (TPSA) is 49.4 Å². The maximum absolute atomic E-state index is 12.6. The van der Waals surface area contributed by atoms with Crippen LogP contribution in [-0.2, 0) is 10.0 Å². The van der Waals surface area contributed by atoms with Gasteiger partial charge < -0.3 is 5.32 Å². The number of hydrogen-bond donors (Lipinski definition) is 1. The van der Waals surface area contributed by atoms with E-state index >= 15 is 0 Å². The van der Waals surface area contributed by atoms with Gasteiger partial charge in [0.15, 0.2) is 0 Å². The van der Waals surface area contributed by atoms with Crippen LogP contribution < -0.4 is 5.32 Å². The van der Waals surface area contributed by atoms with Gasteiger partial charge in [-0.2, -0.15) is 0 Å². The normalized spacial score (nSPS) is 25.0. The lowest BCUT2D eigenvalue weighted by Gasteiger charge is -2.44. The average Bonchev–Trinajstić information content (AvgIpc) is 2.48. The largest absolute Gasteiger partial charge is 0.315 e. The fourth-order valence-corrected chi connectivity index (χ4v) is 5.39. The summed E-state index contributed by atoms with van der Waals surface area (Å²) in [4.78, 5) is 0. The molecule has 1 aliphatic carbocycles. The Hall–Kier alpha value is -0.130. The molecule has 1 N–H and O–H groups in total. The molecule has 1 aliphatic heterocycles. The van der Waals surface area contributed by atoms with E-state index in [9.17, 15) is 8.42 Å². The minimum atomic E-state index is -3.13. The first-order valence-corrected chi connectivity index (χ1v) is 10.2. The van der Waals surface area contributed by atoms with Crippen molar-refractivity contribution in [2.75, 3.05) is 26.2 Å². The first kappa shape index (κ1) is 17.2. The van der Waals surface area contributed by atoms with Crippen molar-refractivity contribution >= 4 is 10.0 Å². The van der Waals surface area contributed by atoms with Gasteiger partial charge in [-0.15, -0.1) is 0 Å². The summed E-state index contributed by atoms with van der Waals surface area (Å²) in [6.07, 6.45) is 9.85. The second kappa shape index (κ2) is 7.42. The van der Waals surface area contributed by atoms with E-state index in [4.69, 9.17) is 0 Å². The van der Waals surface area contributed by atoms with Crippen LogP contribution in [-0.4, -0.2) is 44.2 Å². The number of nitrogens with one attached hydrogen (secondary N) is 1. The molecule has 5 heteroatoms. The molecule has 124 valence electrons. The van der Waals surface area contributed by atoms with Gasteiger partial charge in [0.1, 0.15) is 0 Å². The highest BCUT2D eigenvalue weighted by Crippen LogP contribution is 2.44. The van der Waals surface area contributed by atoms with Crippen LogP contribution in [0.5, 0.6) is 0 Å². The Morgan fingerprint density at radius 2 is 1.71 bits per heavy atom. The molecule has 0 aromatic carbocycles. The molecule has 4 nitrogen and oxygen atoms in total. The van der Waals surface area contributed by atoms with Crippen molar-refractivity contribution < 1.29 is 8.42 Å². The van der Waals surface area contributed by atoms with Crippen molar-refractivity contribution in [3.63, 3.8) is 0 Å². The van der Waals surface area contributed by atoms with Crippen LogP contribution in [0.3, 0.4) is 0 Å². The Kier molecular flexibility index (Phi) is 6.09. The Morgan fingerprint density at radius 3 is 2.29 bits per heavy atom.